The third kappa shape index (κ3) is 3.83. The third-order valence-corrected chi connectivity index (χ3v) is 5.42. The Morgan fingerprint density at radius 3 is 2.93 bits per heavy atom. The molecule has 0 spiro atoms. The average Bonchev–Trinajstić information content (AvgIpc) is 3.32. The molecule has 0 bridgehead atoms. The number of fused-ring (bicyclic) bond motifs is 1. The number of hydrogen-bond acceptors (Lipinski definition) is 6. The number of anilines is 2. The molecule has 0 aromatic carbocycles. The van der Waals surface area contributed by atoms with Crippen molar-refractivity contribution in [3.05, 3.63) is 58.7 Å². The Morgan fingerprint density at radius 2 is 2.18 bits per heavy atom. The molecule has 0 saturated heterocycles. The van der Waals surface area contributed by atoms with Gasteiger partial charge in [-0.2, -0.15) is 0 Å². The molecule has 144 valence electrons. The normalized spacial score (nSPS) is 13.0. The first-order chi connectivity index (χ1) is 13.5. The average molecular weight is 395 g/mol. The van der Waals surface area contributed by atoms with Crippen molar-refractivity contribution in [2.45, 2.75) is 19.6 Å². The van der Waals surface area contributed by atoms with E-state index >= 15 is 0 Å². The summed E-state index contributed by atoms with van der Waals surface area (Å²) in [4.78, 5) is 26.7. The zero-order valence-electron chi connectivity index (χ0n) is 15.8. The highest BCUT2D eigenvalue weighted by atomic mass is 32.1. The van der Waals surface area contributed by atoms with Crippen LogP contribution < -0.4 is 11.1 Å². The number of nitrogens with zero attached hydrogens (tertiary/aromatic N) is 4. The molecule has 0 fully saturated rings. The van der Waals surface area contributed by atoms with Crippen LogP contribution >= 0.6 is 11.3 Å². The first-order valence-corrected chi connectivity index (χ1v) is 9.85. The zero-order chi connectivity index (χ0) is 19.7. The predicted molar refractivity (Wildman–Crippen MR) is 112 cm³/mol. The fraction of sp³-hybridized carbons (Fsp3) is 0.250. The van der Waals surface area contributed by atoms with Gasteiger partial charge in [0.1, 0.15) is 0 Å². The summed E-state index contributed by atoms with van der Waals surface area (Å²) in [7, 11) is 4.05. The maximum absolute atomic E-state index is 12.8. The molecule has 0 radical (unpaired) electrons. The van der Waals surface area contributed by atoms with E-state index < -0.39 is 0 Å². The van der Waals surface area contributed by atoms with Gasteiger partial charge < -0.3 is 15.5 Å². The fourth-order valence-corrected chi connectivity index (χ4v) is 3.91. The number of amides is 2. The number of thiophene rings is 1. The Balaban J connectivity index is 1.48. The summed E-state index contributed by atoms with van der Waals surface area (Å²) in [6.45, 7) is 1.83. The van der Waals surface area contributed by atoms with Gasteiger partial charge in [-0.05, 0) is 54.9 Å². The van der Waals surface area contributed by atoms with Crippen molar-refractivity contribution in [2.75, 3.05) is 25.1 Å². The molecule has 7 nitrogen and oxygen atoms in total. The molecule has 0 unspecified atom stereocenters. The summed E-state index contributed by atoms with van der Waals surface area (Å²) >= 11 is 1.59. The van der Waals surface area contributed by atoms with Crippen molar-refractivity contribution in [3.8, 4) is 10.6 Å². The highest BCUT2D eigenvalue weighted by molar-refractivity contribution is 7.13. The Kier molecular flexibility index (Phi) is 4.97. The maximum atomic E-state index is 12.8. The van der Waals surface area contributed by atoms with Crippen LogP contribution in [0.25, 0.3) is 10.6 Å². The van der Waals surface area contributed by atoms with E-state index in [-0.39, 0.29) is 6.03 Å². The van der Waals surface area contributed by atoms with Crippen molar-refractivity contribution in [2.24, 2.45) is 0 Å². The third-order valence-electron chi connectivity index (χ3n) is 4.53. The number of nitrogens with two attached hydrogens (primary N) is 1. The molecule has 3 aromatic rings. The number of urea groups is 1. The van der Waals surface area contributed by atoms with Gasteiger partial charge in [-0.1, -0.05) is 6.07 Å². The van der Waals surface area contributed by atoms with E-state index in [1.165, 1.54) is 0 Å². The monoisotopic (exact) mass is 394 g/mol. The quantitative estimate of drug-likeness (QED) is 0.708. The fourth-order valence-electron chi connectivity index (χ4n) is 3.22. The number of aromatic nitrogens is 2. The molecule has 0 atom stereocenters. The van der Waals surface area contributed by atoms with E-state index in [0.717, 1.165) is 33.9 Å². The molecule has 28 heavy (non-hydrogen) atoms. The molecule has 3 aromatic heterocycles. The highest BCUT2D eigenvalue weighted by Gasteiger charge is 2.25. The molecule has 0 saturated carbocycles. The first kappa shape index (κ1) is 18.4. The van der Waals surface area contributed by atoms with Crippen LogP contribution in [0.1, 0.15) is 16.8 Å². The Hall–Kier alpha value is -2.97. The van der Waals surface area contributed by atoms with Crippen molar-refractivity contribution in [1.29, 1.82) is 0 Å². The van der Waals surface area contributed by atoms with E-state index in [0.29, 0.717) is 24.6 Å². The van der Waals surface area contributed by atoms with Crippen LogP contribution in [-0.4, -0.2) is 39.9 Å². The van der Waals surface area contributed by atoms with E-state index in [2.05, 4.69) is 26.3 Å². The molecule has 4 heterocycles. The lowest BCUT2D eigenvalue weighted by atomic mass is 10.1. The smallest absolute Gasteiger partial charge is 0.323 e. The van der Waals surface area contributed by atoms with E-state index in [9.17, 15) is 4.79 Å². The minimum Gasteiger partial charge on any atom is -0.396 e. The lowest BCUT2D eigenvalue weighted by Crippen LogP contribution is -2.31. The molecule has 1 aliphatic rings. The number of nitrogen functional groups attached to an aromatic ring is 1. The van der Waals surface area contributed by atoms with Crippen LogP contribution in [-0.2, 0) is 19.6 Å². The van der Waals surface area contributed by atoms with E-state index in [1.54, 1.807) is 22.3 Å². The second-order valence-corrected chi connectivity index (χ2v) is 8.03. The number of carbonyl (C=O) groups is 1. The molecule has 4 rings (SSSR count). The molecule has 1 aliphatic heterocycles. The number of carbonyl (C=O) groups excluding carboxylic acids is 1. The number of nitrogens with one attached hydrogen (secondary N) is 1. The molecule has 0 aliphatic carbocycles. The van der Waals surface area contributed by atoms with Gasteiger partial charge in [0.05, 0.1) is 28.5 Å². The lowest BCUT2D eigenvalue weighted by molar-refractivity contribution is 0.212. The molecular formula is C20H22N6OS. The zero-order valence-corrected chi connectivity index (χ0v) is 16.7. The first-order valence-electron chi connectivity index (χ1n) is 8.97. The number of pyridine rings is 2. The van der Waals surface area contributed by atoms with Gasteiger partial charge in [-0.25, -0.2) is 9.78 Å². The Bertz CT molecular complexity index is 1000. The van der Waals surface area contributed by atoms with Gasteiger partial charge in [0, 0.05) is 19.3 Å². The SMILES string of the molecule is CN(C)Cc1cnc2c(c1)CN(C(=O)Nc1nc(-c3cccs3)ccc1N)C2. The molecular weight excluding hydrogens is 372 g/mol. The van der Waals surface area contributed by atoms with Crippen LogP contribution in [0.5, 0.6) is 0 Å². The van der Waals surface area contributed by atoms with Crippen molar-refractivity contribution in [1.82, 2.24) is 19.8 Å². The van der Waals surface area contributed by atoms with Crippen molar-refractivity contribution >= 4 is 28.9 Å². The van der Waals surface area contributed by atoms with Crippen molar-refractivity contribution < 1.29 is 4.79 Å². The molecule has 3 N–H and O–H groups in total. The maximum Gasteiger partial charge on any atom is 0.323 e. The summed E-state index contributed by atoms with van der Waals surface area (Å²) in [5.41, 5.74) is 10.4. The minimum atomic E-state index is -0.227. The van der Waals surface area contributed by atoms with Gasteiger partial charge >= 0.3 is 6.03 Å². The van der Waals surface area contributed by atoms with Crippen LogP contribution in [0.15, 0.2) is 41.9 Å². The summed E-state index contributed by atoms with van der Waals surface area (Å²) in [5, 5.41) is 4.85. The summed E-state index contributed by atoms with van der Waals surface area (Å²) < 4.78 is 0. The van der Waals surface area contributed by atoms with Gasteiger partial charge in [-0.3, -0.25) is 10.3 Å². The lowest BCUT2D eigenvalue weighted by Gasteiger charge is -2.17. The second kappa shape index (κ2) is 7.57. The summed E-state index contributed by atoms with van der Waals surface area (Å²) in [6, 6.07) is 9.48. The summed E-state index contributed by atoms with van der Waals surface area (Å²) in [5.74, 6) is 0.383. The predicted octanol–water partition coefficient (Wildman–Crippen LogP) is 3.40. The van der Waals surface area contributed by atoms with Gasteiger partial charge in [-0.15, -0.1) is 11.3 Å². The topological polar surface area (TPSA) is 87.4 Å². The standard InChI is InChI=1S/C20H22N6OS/c1-25(2)10-13-8-14-11-26(12-17(14)22-9-13)20(27)24-19-15(21)5-6-16(23-19)18-4-3-7-28-18/h3-9H,10-12,21H2,1-2H3,(H,23,24,27). The Morgan fingerprint density at radius 1 is 1.32 bits per heavy atom. The van der Waals surface area contributed by atoms with Gasteiger partial charge in [0.25, 0.3) is 0 Å². The van der Waals surface area contributed by atoms with Crippen LogP contribution in [0.3, 0.4) is 0 Å². The van der Waals surface area contributed by atoms with E-state index in [1.807, 2.05) is 43.9 Å². The number of rotatable bonds is 4. The minimum absolute atomic E-state index is 0.227. The summed E-state index contributed by atoms with van der Waals surface area (Å²) in [6.07, 6.45) is 1.88. The molecule has 2 amide bonds. The van der Waals surface area contributed by atoms with Crippen LogP contribution in [0.4, 0.5) is 16.3 Å². The van der Waals surface area contributed by atoms with Crippen LogP contribution in [0.2, 0.25) is 0 Å². The molecule has 8 heteroatoms. The van der Waals surface area contributed by atoms with Gasteiger partial charge in [0.2, 0.25) is 0 Å². The number of hydrogen-bond donors (Lipinski definition) is 2. The Labute approximate surface area is 167 Å². The van der Waals surface area contributed by atoms with Gasteiger partial charge in [0.15, 0.2) is 5.82 Å². The van der Waals surface area contributed by atoms with E-state index in [4.69, 9.17) is 5.73 Å². The van der Waals surface area contributed by atoms with Crippen molar-refractivity contribution in [3.63, 3.8) is 0 Å². The van der Waals surface area contributed by atoms with Crippen LogP contribution in [0, 0.1) is 0 Å². The second-order valence-electron chi connectivity index (χ2n) is 7.09. The largest absolute Gasteiger partial charge is 0.396 e. The highest BCUT2D eigenvalue weighted by Crippen LogP contribution is 2.28.